The molecule has 2 aromatic rings. The summed E-state index contributed by atoms with van der Waals surface area (Å²) >= 11 is 5.85. The van der Waals surface area contributed by atoms with Crippen molar-refractivity contribution >= 4 is 23.4 Å². The minimum absolute atomic E-state index is 0.0197. The normalized spacial score (nSPS) is 16.9. The smallest absolute Gasteiger partial charge is 0.251 e. The van der Waals surface area contributed by atoms with Gasteiger partial charge in [-0.3, -0.25) is 9.59 Å². The number of rotatable bonds is 5. The van der Waals surface area contributed by atoms with Gasteiger partial charge in [-0.15, -0.1) is 0 Å². The molecule has 3 rings (SSSR count). The first-order valence-electron chi connectivity index (χ1n) is 9.55. The molecule has 2 aromatic carbocycles. The number of nitrogens with zero attached hydrogens (tertiary/aromatic N) is 1. The van der Waals surface area contributed by atoms with Gasteiger partial charge < -0.3 is 15.0 Å². The molecule has 1 heterocycles. The molecule has 0 spiro atoms. The lowest BCUT2D eigenvalue weighted by atomic mass is 10.0. The highest BCUT2D eigenvalue weighted by Crippen LogP contribution is 2.31. The number of nitrogens with one attached hydrogen (secondary N) is 1. The maximum absolute atomic E-state index is 12.9. The third-order valence-corrected chi connectivity index (χ3v) is 5.33. The maximum atomic E-state index is 12.9. The molecule has 0 radical (unpaired) electrons. The van der Waals surface area contributed by atoms with Crippen molar-refractivity contribution in [3.8, 4) is 5.75 Å². The minimum Gasteiger partial charge on any atom is -0.497 e. The van der Waals surface area contributed by atoms with Gasteiger partial charge in [0.1, 0.15) is 5.75 Å². The molecular weight excluding hydrogens is 376 g/mol. The van der Waals surface area contributed by atoms with E-state index in [0.717, 1.165) is 37.0 Å². The average Bonchev–Trinajstić information content (AvgIpc) is 2.98. The molecule has 6 heteroatoms. The zero-order valence-electron chi connectivity index (χ0n) is 16.0. The van der Waals surface area contributed by atoms with Crippen LogP contribution in [0.2, 0.25) is 5.02 Å². The predicted octanol–water partition coefficient (Wildman–Crippen LogP) is 4.22. The number of ether oxygens (including phenoxy) is 1. The number of hydrogen-bond donors (Lipinski definition) is 1. The van der Waals surface area contributed by atoms with E-state index in [4.69, 9.17) is 16.3 Å². The molecule has 1 N–H and O–H groups in total. The number of benzene rings is 2. The number of hydrogen-bond acceptors (Lipinski definition) is 3. The molecule has 1 aliphatic heterocycles. The van der Waals surface area contributed by atoms with Crippen LogP contribution in [-0.2, 0) is 4.79 Å². The summed E-state index contributed by atoms with van der Waals surface area (Å²) in [7, 11) is 1.64. The molecule has 0 aliphatic carbocycles. The molecule has 1 fully saturated rings. The fourth-order valence-corrected chi connectivity index (χ4v) is 3.67. The van der Waals surface area contributed by atoms with Crippen molar-refractivity contribution in [2.45, 2.75) is 31.7 Å². The van der Waals surface area contributed by atoms with Crippen LogP contribution in [0.4, 0.5) is 0 Å². The van der Waals surface area contributed by atoms with Gasteiger partial charge in [-0.2, -0.15) is 0 Å². The molecule has 0 bridgehead atoms. The van der Waals surface area contributed by atoms with E-state index in [0.29, 0.717) is 17.1 Å². The molecule has 148 valence electrons. The summed E-state index contributed by atoms with van der Waals surface area (Å²) in [6.45, 7) is 0.681. The second-order valence-corrected chi connectivity index (χ2v) is 7.35. The lowest BCUT2D eigenvalue weighted by Gasteiger charge is -2.30. The minimum atomic E-state index is -0.277. The summed E-state index contributed by atoms with van der Waals surface area (Å²) < 4.78 is 5.23. The fraction of sp³-hybridized carbons (Fsp3) is 0.364. The standard InChI is InChI=1S/C22H25ClN2O3/c1-28-19-12-8-16(9-13-19)20-5-3-2-4-14-25(20)21(26)15-24-22(27)17-6-10-18(23)11-7-17/h6-13,20H,2-5,14-15H2,1H3,(H,24,27). The number of methoxy groups -OCH3 is 1. The first-order chi connectivity index (χ1) is 13.6. The van der Waals surface area contributed by atoms with E-state index in [9.17, 15) is 9.59 Å². The summed E-state index contributed by atoms with van der Waals surface area (Å²) in [6, 6.07) is 14.5. The first kappa shape index (κ1) is 20.2. The Morgan fingerprint density at radius 1 is 1.07 bits per heavy atom. The van der Waals surface area contributed by atoms with Gasteiger partial charge in [0.15, 0.2) is 0 Å². The molecular formula is C22H25ClN2O3. The zero-order valence-corrected chi connectivity index (χ0v) is 16.7. The van der Waals surface area contributed by atoms with Crippen LogP contribution in [0.25, 0.3) is 0 Å². The molecule has 1 atom stereocenters. The molecule has 2 amide bonds. The number of likely N-dealkylation sites (tertiary alicyclic amines) is 1. The highest BCUT2D eigenvalue weighted by molar-refractivity contribution is 6.30. The van der Waals surface area contributed by atoms with Crippen LogP contribution in [0, 0.1) is 0 Å². The lowest BCUT2D eigenvalue weighted by molar-refractivity contribution is -0.132. The van der Waals surface area contributed by atoms with Crippen LogP contribution < -0.4 is 10.1 Å². The zero-order chi connectivity index (χ0) is 19.9. The Labute approximate surface area is 170 Å². The SMILES string of the molecule is COc1ccc(C2CCCCCN2C(=O)CNC(=O)c2ccc(Cl)cc2)cc1. The highest BCUT2D eigenvalue weighted by Gasteiger charge is 2.27. The third-order valence-electron chi connectivity index (χ3n) is 5.08. The number of amides is 2. The van der Waals surface area contributed by atoms with Gasteiger partial charge in [0.2, 0.25) is 5.91 Å². The topological polar surface area (TPSA) is 58.6 Å². The van der Waals surface area contributed by atoms with Crippen LogP contribution in [0.5, 0.6) is 5.75 Å². The van der Waals surface area contributed by atoms with Crippen molar-refractivity contribution in [3.05, 3.63) is 64.7 Å². The van der Waals surface area contributed by atoms with Gasteiger partial charge in [0.05, 0.1) is 19.7 Å². The van der Waals surface area contributed by atoms with Gasteiger partial charge in [0, 0.05) is 17.1 Å². The lowest BCUT2D eigenvalue weighted by Crippen LogP contribution is -2.42. The second-order valence-electron chi connectivity index (χ2n) is 6.91. The number of halogens is 1. The van der Waals surface area contributed by atoms with Crippen molar-refractivity contribution in [2.24, 2.45) is 0 Å². The van der Waals surface area contributed by atoms with Crippen molar-refractivity contribution in [1.82, 2.24) is 10.2 Å². The number of carbonyl (C=O) groups is 2. The van der Waals surface area contributed by atoms with E-state index < -0.39 is 0 Å². The predicted molar refractivity (Wildman–Crippen MR) is 110 cm³/mol. The van der Waals surface area contributed by atoms with Crippen molar-refractivity contribution < 1.29 is 14.3 Å². The Kier molecular flexibility index (Phi) is 6.93. The van der Waals surface area contributed by atoms with Crippen LogP contribution in [0.1, 0.15) is 47.6 Å². The highest BCUT2D eigenvalue weighted by atomic mass is 35.5. The molecule has 28 heavy (non-hydrogen) atoms. The van der Waals surface area contributed by atoms with Gasteiger partial charge in [0.25, 0.3) is 5.91 Å². The average molecular weight is 401 g/mol. The van der Waals surface area contributed by atoms with Gasteiger partial charge >= 0.3 is 0 Å². The van der Waals surface area contributed by atoms with Crippen LogP contribution in [-0.4, -0.2) is 36.9 Å². The Bertz CT molecular complexity index is 806. The van der Waals surface area contributed by atoms with Crippen molar-refractivity contribution in [2.75, 3.05) is 20.2 Å². The molecule has 0 aromatic heterocycles. The van der Waals surface area contributed by atoms with E-state index in [1.54, 1.807) is 31.4 Å². The molecule has 5 nitrogen and oxygen atoms in total. The monoisotopic (exact) mass is 400 g/mol. The summed E-state index contributed by atoms with van der Waals surface area (Å²) in [5.41, 5.74) is 1.58. The van der Waals surface area contributed by atoms with Crippen LogP contribution in [0.3, 0.4) is 0 Å². The van der Waals surface area contributed by atoms with E-state index in [1.807, 2.05) is 29.2 Å². The maximum Gasteiger partial charge on any atom is 0.251 e. The van der Waals surface area contributed by atoms with Gasteiger partial charge in [-0.25, -0.2) is 0 Å². The quantitative estimate of drug-likeness (QED) is 0.817. The van der Waals surface area contributed by atoms with Crippen LogP contribution >= 0.6 is 11.6 Å². The van der Waals surface area contributed by atoms with Crippen molar-refractivity contribution in [3.63, 3.8) is 0 Å². The van der Waals surface area contributed by atoms with Gasteiger partial charge in [-0.05, 0) is 54.8 Å². The van der Waals surface area contributed by atoms with Gasteiger partial charge in [-0.1, -0.05) is 36.6 Å². The van der Waals surface area contributed by atoms with E-state index in [1.165, 1.54) is 0 Å². The fourth-order valence-electron chi connectivity index (χ4n) is 3.54. The Morgan fingerprint density at radius 2 is 1.79 bits per heavy atom. The summed E-state index contributed by atoms with van der Waals surface area (Å²) in [5.74, 6) is 0.455. The Morgan fingerprint density at radius 3 is 2.46 bits per heavy atom. The summed E-state index contributed by atoms with van der Waals surface area (Å²) in [4.78, 5) is 27.1. The first-order valence-corrected chi connectivity index (χ1v) is 9.93. The van der Waals surface area contributed by atoms with Crippen LogP contribution in [0.15, 0.2) is 48.5 Å². The molecule has 1 aliphatic rings. The van der Waals surface area contributed by atoms with Crippen molar-refractivity contribution in [1.29, 1.82) is 0 Å². The Balaban J connectivity index is 1.67. The molecule has 1 unspecified atom stereocenters. The van der Waals surface area contributed by atoms with E-state index in [-0.39, 0.29) is 24.4 Å². The summed E-state index contributed by atoms with van der Waals surface area (Å²) in [6.07, 6.45) is 4.08. The second kappa shape index (κ2) is 9.60. The third kappa shape index (κ3) is 5.04. The molecule has 1 saturated heterocycles. The summed E-state index contributed by atoms with van der Waals surface area (Å²) in [5, 5.41) is 3.30. The largest absolute Gasteiger partial charge is 0.497 e. The van der Waals surface area contributed by atoms with E-state index >= 15 is 0 Å². The van der Waals surface area contributed by atoms with E-state index in [2.05, 4.69) is 5.32 Å². The molecule has 0 saturated carbocycles. The number of carbonyl (C=O) groups excluding carboxylic acids is 2. The Hall–Kier alpha value is -2.53.